The fourth-order valence-electron chi connectivity index (χ4n) is 2.56. The van der Waals surface area contributed by atoms with Gasteiger partial charge in [0.1, 0.15) is 0 Å². The van der Waals surface area contributed by atoms with Crippen molar-refractivity contribution in [2.45, 2.75) is 25.3 Å². The fourth-order valence-corrected chi connectivity index (χ4v) is 2.56. The van der Waals surface area contributed by atoms with E-state index in [4.69, 9.17) is 0 Å². The Morgan fingerprint density at radius 1 is 1.29 bits per heavy atom. The number of nitrogens with one attached hydrogen (secondary N) is 1. The molecule has 0 spiro atoms. The lowest BCUT2D eigenvalue weighted by Crippen LogP contribution is -2.49. The number of likely N-dealkylation sites (N-methyl/N-ethyl adjacent to an activating group) is 1. The molecule has 1 N–H and O–H groups in total. The Hall–Kier alpha value is -1.35. The first kappa shape index (κ1) is 12.1. The molecule has 1 amide bonds. The van der Waals surface area contributed by atoms with Crippen molar-refractivity contribution in [3.05, 3.63) is 35.4 Å². The molecule has 0 atom stereocenters. The van der Waals surface area contributed by atoms with E-state index >= 15 is 0 Å². The van der Waals surface area contributed by atoms with E-state index in [1.165, 1.54) is 11.1 Å². The first-order chi connectivity index (χ1) is 7.98. The number of hydrogen-bond donors (Lipinski definition) is 1. The van der Waals surface area contributed by atoms with Gasteiger partial charge in [0, 0.05) is 5.54 Å². The number of carbonyl (C=O) groups is 1. The zero-order valence-corrected chi connectivity index (χ0v) is 10.8. The quantitative estimate of drug-likeness (QED) is 0.850. The highest BCUT2D eigenvalue weighted by molar-refractivity contribution is 5.79. The summed E-state index contributed by atoms with van der Waals surface area (Å²) in [6, 6.07) is 8.43. The van der Waals surface area contributed by atoms with Gasteiger partial charge in [0.15, 0.2) is 0 Å². The topological polar surface area (TPSA) is 32.3 Å². The van der Waals surface area contributed by atoms with Crippen LogP contribution in [0.1, 0.15) is 18.1 Å². The third kappa shape index (κ3) is 2.86. The van der Waals surface area contributed by atoms with Crippen molar-refractivity contribution in [3.8, 4) is 0 Å². The van der Waals surface area contributed by atoms with Crippen LogP contribution in [0.25, 0.3) is 0 Å². The normalized spacial score (nSPS) is 16.9. The van der Waals surface area contributed by atoms with Gasteiger partial charge in [0.05, 0.1) is 6.54 Å². The minimum Gasteiger partial charge on any atom is -0.349 e. The Morgan fingerprint density at radius 2 is 1.82 bits per heavy atom. The van der Waals surface area contributed by atoms with E-state index in [2.05, 4.69) is 36.5 Å². The summed E-state index contributed by atoms with van der Waals surface area (Å²) in [5, 5.41) is 3.15. The van der Waals surface area contributed by atoms with Gasteiger partial charge in [-0.2, -0.15) is 0 Å². The van der Waals surface area contributed by atoms with E-state index in [1.807, 2.05) is 19.0 Å². The second-order valence-electron chi connectivity index (χ2n) is 5.47. The molecule has 3 nitrogen and oxygen atoms in total. The summed E-state index contributed by atoms with van der Waals surface area (Å²) in [6.07, 6.45) is 1.87. The molecule has 0 saturated heterocycles. The van der Waals surface area contributed by atoms with Crippen molar-refractivity contribution in [3.63, 3.8) is 0 Å². The first-order valence-electron chi connectivity index (χ1n) is 6.01. The van der Waals surface area contributed by atoms with E-state index in [0.29, 0.717) is 6.54 Å². The Morgan fingerprint density at radius 3 is 2.29 bits per heavy atom. The second-order valence-corrected chi connectivity index (χ2v) is 5.47. The van der Waals surface area contributed by atoms with E-state index in [9.17, 15) is 4.79 Å². The molecule has 0 bridgehead atoms. The van der Waals surface area contributed by atoms with Crippen molar-refractivity contribution < 1.29 is 4.79 Å². The molecular weight excluding hydrogens is 212 g/mol. The van der Waals surface area contributed by atoms with Crippen molar-refractivity contribution >= 4 is 5.91 Å². The zero-order valence-electron chi connectivity index (χ0n) is 10.8. The van der Waals surface area contributed by atoms with Crippen LogP contribution in [0.2, 0.25) is 0 Å². The monoisotopic (exact) mass is 232 g/mol. The van der Waals surface area contributed by atoms with Crippen LogP contribution in [0.3, 0.4) is 0 Å². The van der Waals surface area contributed by atoms with Gasteiger partial charge in [0.2, 0.25) is 5.91 Å². The smallest absolute Gasteiger partial charge is 0.234 e. The molecule has 0 aliphatic heterocycles. The molecule has 1 aromatic carbocycles. The molecule has 0 saturated carbocycles. The third-order valence-corrected chi connectivity index (χ3v) is 3.18. The van der Waals surface area contributed by atoms with E-state index in [1.54, 1.807) is 0 Å². The van der Waals surface area contributed by atoms with Crippen LogP contribution in [0.4, 0.5) is 0 Å². The van der Waals surface area contributed by atoms with Gasteiger partial charge in [0.25, 0.3) is 0 Å². The predicted molar refractivity (Wildman–Crippen MR) is 69.0 cm³/mol. The molecular formula is C14H20N2O. The Balaban J connectivity index is 2.02. The summed E-state index contributed by atoms with van der Waals surface area (Å²) in [5.74, 6) is 0.102. The maximum Gasteiger partial charge on any atom is 0.234 e. The van der Waals surface area contributed by atoms with E-state index in [0.717, 1.165) is 12.8 Å². The highest BCUT2D eigenvalue weighted by atomic mass is 16.2. The van der Waals surface area contributed by atoms with Gasteiger partial charge in [-0.05, 0) is 45.0 Å². The molecule has 1 aliphatic rings. The number of fused-ring (bicyclic) bond motifs is 1. The average Bonchev–Trinajstić information content (AvgIpc) is 2.51. The minimum atomic E-state index is -0.114. The maximum absolute atomic E-state index is 11.8. The largest absolute Gasteiger partial charge is 0.349 e. The number of carbonyl (C=O) groups excluding carboxylic acids is 1. The van der Waals surface area contributed by atoms with E-state index < -0.39 is 0 Å². The third-order valence-electron chi connectivity index (χ3n) is 3.18. The predicted octanol–water partition coefficient (Wildman–Crippen LogP) is 1.22. The number of hydrogen-bond acceptors (Lipinski definition) is 2. The van der Waals surface area contributed by atoms with Crippen LogP contribution in [-0.2, 0) is 17.6 Å². The SMILES string of the molecule is CN(C)CC(=O)NC1(C)Cc2ccccc2C1. The van der Waals surface area contributed by atoms with Gasteiger partial charge in [-0.1, -0.05) is 24.3 Å². The second kappa shape index (κ2) is 4.49. The van der Waals surface area contributed by atoms with Gasteiger partial charge in [-0.15, -0.1) is 0 Å². The standard InChI is InChI=1S/C14H20N2O/c1-14(15-13(17)10-16(2)3)8-11-6-4-5-7-12(11)9-14/h4-7H,8-10H2,1-3H3,(H,15,17). The zero-order chi connectivity index (χ0) is 12.5. The van der Waals surface area contributed by atoms with Gasteiger partial charge in [-0.25, -0.2) is 0 Å². The molecule has 0 aromatic heterocycles. The van der Waals surface area contributed by atoms with Crippen molar-refractivity contribution in [1.82, 2.24) is 10.2 Å². The molecule has 1 aromatic rings. The molecule has 0 unspecified atom stereocenters. The molecule has 0 heterocycles. The molecule has 17 heavy (non-hydrogen) atoms. The summed E-state index contributed by atoms with van der Waals surface area (Å²) in [6.45, 7) is 2.58. The number of rotatable bonds is 3. The van der Waals surface area contributed by atoms with Crippen molar-refractivity contribution in [1.29, 1.82) is 0 Å². The highest BCUT2D eigenvalue weighted by Crippen LogP contribution is 2.29. The van der Waals surface area contributed by atoms with Gasteiger partial charge >= 0.3 is 0 Å². The number of nitrogens with zero attached hydrogens (tertiary/aromatic N) is 1. The number of amides is 1. The Kier molecular flexibility index (Phi) is 3.20. The molecule has 0 radical (unpaired) electrons. The van der Waals surface area contributed by atoms with Crippen molar-refractivity contribution in [2.75, 3.05) is 20.6 Å². The lowest BCUT2D eigenvalue weighted by atomic mass is 9.98. The highest BCUT2D eigenvalue weighted by Gasteiger charge is 2.33. The van der Waals surface area contributed by atoms with Crippen LogP contribution in [0, 0.1) is 0 Å². The lowest BCUT2D eigenvalue weighted by molar-refractivity contribution is -0.123. The van der Waals surface area contributed by atoms with Crippen LogP contribution in [0.15, 0.2) is 24.3 Å². The maximum atomic E-state index is 11.8. The van der Waals surface area contributed by atoms with Crippen LogP contribution in [-0.4, -0.2) is 37.0 Å². The molecule has 2 rings (SSSR count). The first-order valence-corrected chi connectivity index (χ1v) is 6.01. The molecule has 0 fully saturated rings. The molecule has 1 aliphatic carbocycles. The van der Waals surface area contributed by atoms with Crippen LogP contribution >= 0.6 is 0 Å². The average molecular weight is 232 g/mol. The lowest BCUT2D eigenvalue weighted by Gasteiger charge is -2.26. The molecule has 3 heteroatoms. The Bertz CT molecular complexity index is 401. The summed E-state index contributed by atoms with van der Waals surface area (Å²) in [4.78, 5) is 13.7. The summed E-state index contributed by atoms with van der Waals surface area (Å²) in [5.41, 5.74) is 2.61. The van der Waals surface area contributed by atoms with Crippen LogP contribution in [0.5, 0.6) is 0 Å². The van der Waals surface area contributed by atoms with Gasteiger partial charge in [-0.3, -0.25) is 4.79 Å². The minimum absolute atomic E-state index is 0.102. The van der Waals surface area contributed by atoms with Crippen molar-refractivity contribution in [2.24, 2.45) is 0 Å². The van der Waals surface area contributed by atoms with Crippen LogP contribution < -0.4 is 5.32 Å². The summed E-state index contributed by atoms with van der Waals surface area (Å²) < 4.78 is 0. The summed E-state index contributed by atoms with van der Waals surface area (Å²) >= 11 is 0. The molecule has 92 valence electrons. The Labute approximate surface area is 103 Å². The number of benzene rings is 1. The van der Waals surface area contributed by atoms with Gasteiger partial charge < -0.3 is 10.2 Å². The summed E-state index contributed by atoms with van der Waals surface area (Å²) in [7, 11) is 3.82. The fraction of sp³-hybridized carbons (Fsp3) is 0.500. The van der Waals surface area contributed by atoms with E-state index in [-0.39, 0.29) is 11.4 Å².